The highest BCUT2D eigenvalue weighted by atomic mass is 14.9. The predicted molar refractivity (Wildman–Crippen MR) is 45.2 cm³/mol. The molecular weight excluding hydrogens is 122 g/mol. The van der Waals surface area contributed by atoms with E-state index >= 15 is 0 Å². The van der Waals surface area contributed by atoms with Crippen LogP contribution in [0.3, 0.4) is 0 Å². The van der Waals surface area contributed by atoms with Gasteiger partial charge in [-0.2, -0.15) is 0 Å². The van der Waals surface area contributed by atoms with E-state index in [0.717, 1.165) is 6.04 Å². The minimum Gasteiger partial charge on any atom is -0.314 e. The van der Waals surface area contributed by atoms with Crippen molar-refractivity contribution in [3.05, 3.63) is 0 Å². The van der Waals surface area contributed by atoms with Crippen molar-refractivity contribution in [2.24, 2.45) is 0 Å². The Morgan fingerprint density at radius 2 is 2.30 bits per heavy atom. The van der Waals surface area contributed by atoms with Crippen molar-refractivity contribution in [2.45, 2.75) is 51.5 Å². The van der Waals surface area contributed by atoms with Gasteiger partial charge in [-0.25, -0.2) is 0 Å². The summed E-state index contributed by atoms with van der Waals surface area (Å²) < 4.78 is 0. The molecule has 0 saturated carbocycles. The van der Waals surface area contributed by atoms with Crippen LogP contribution in [0, 0.1) is 0 Å². The summed E-state index contributed by atoms with van der Waals surface area (Å²) in [5.41, 5.74) is 0. The summed E-state index contributed by atoms with van der Waals surface area (Å²) in [5, 5.41) is 3.55. The lowest BCUT2D eigenvalue weighted by atomic mass is 10.0. The van der Waals surface area contributed by atoms with Gasteiger partial charge < -0.3 is 5.32 Å². The van der Waals surface area contributed by atoms with Crippen molar-refractivity contribution in [1.29, 1.82) is 0 Å². The standard InChI is InChI=1S/C9H19N/c1-2-3-6-9-7-4-5-8-10-9/h9-10H,2-8H2,1H3/t9-/m0/s1. The van der Waals surface area contributed by atoms with Gasteiger partial charge in [0, 0.05) is 6.04 Å². The Labute approximate surface area is 64.2 Å². The maximum Gasteiger partial charge on any atom is 0.00670 e. The Bertz CT molecular complexity index is 74.8. The molecule has 10 heavy (non-hydrogen) atoms. The van der Waals surface area contributed by atoms with Gasteiger partial charge in [0.05, 0.1) is 0 Å². The molecule has 0 aromatic rings. The monoisotopic (exact) mass is 141 g/mol. The molecular formula is C9H19N. The van der Waals surface area contributed by atoms with Crippen LogP contribution in [-0.4, -0.2) is 12.6 Å². The summed E-state index contributed by atoms with van der Waals surface area (Å²) in [7, 11) is 0. The number of hydrogen-bond donors (Lipinski definition) is 1. The predicted octanol–water partition coefficient (Wildman–Crippen LogP) is 2.32. The summed E-state index contributed by atoms with van der Waals surface area (Å²) in [6, 6.07) is 0.855. The maximum atomic E-state index is 3.55. The maximum absolute atomic E-state index is 3.55. The molecule has 1 aliphatic rings. The van der Waals surface area contributed by atoms with Crippen LogP contribution in [0.5, 0.6) is 0 Å². The Hall–Kier alpha value is -0.0400. The van der Waals surface area contributed by atoms with Crippen LogP contribution in [0.1, 0.15) is 45.4 Å². The van der Waals surface area contributed by atoms with Crippen molar-refractivity contribution >= 4 is 0 Å². The molecule has 60 valence electrons. The van der Waals surface area contributed by atoms with E-state index in [4.69, 9.17) is 0 Å². The first-order valence-corrected chi connectivity index (χ1v) is 4.67. The average Bonchev–Trinajstić information content (AvgIpc) is 2.03. The largest absolute Gasteiger partial charge is 0.314 e. The van der Waals surface area contributed by atoms with Gasteiger partial charge in [-0.3, -0.25) is 0 Å². The number of unbranched alkanes of at least 4 members (excludes halogenated alkanes) is 1. The first kappa shape index (κ1) is 8.06. The number of rotatable bonds is 3. The molecule has 1 atom stereocenters. The smallest absolute Gasteiger partial charge is 0.00670 e. The van der Waals surface area contributed by atoms with Crippen LogP contribution < -0.4 is 5.32 Å². The van der Waals surface area contributed by atoms with Crippen molar-refractivity contribution in [3.8, 4) is 0 Å². The Morgan fingerprint density at radius 3 is 2.90 bits per heavy atom. The van der Waals surface area contributed by atoms with E-state index in [1.54, 1.807) is 0 Å². The number of hydrogen-bond acceptors (Lipinski definition) is 1. The Balaban J connectivity index is 2.02. The van der Waals surface area contributed by atoms with E-state index in [9.17, 15) is 0 Å². The molecule has 0 amide bonds. The molecule has 0 aromatic carbocycles. The molecule has 1 fully saturated rings. The Kier molecular flexibility index (Phi) is 3.81. The fourth-order valence-corrected chi connectivity index (χ4v) is 1.62. The van der Waals surface area contributed by atoms with Crippen LogP contribution in [-0.2, 0) is 0 Å². The molecule has 0 aliphatic carbocycles. The van der Waals surface area contributed by atoms with Gasteiger partial charge >= 0.3 is 0 Å². The molecule has 1 aliphatic heterocycles. The molecule has 1 N–H and O–H groups in total. The van der Waals surface area contributed by atoms with E-state index in [0.29, 0.717) is 0 Å². The van der Waals surface area contributed by atoms with E-state index in [-0.39, 0.29) is 0 Å². The number of piperidine rings is 1. The second-order valence-electron chi connectivity index (χ2n) is 3.29. The highest BCUT2D eigenvalue weighted by Crippen LogP contribution is 2.12. The van der Waals surface area contributed by atoms with E-state index < -0.39 is 0 Å². The summed E-state index contributed by atoms with van der Waals surface area (Å²) in [4.78, 5) is 0. The normalized spacial score (nSPS) is 26.7. The van der Waals surface area contributed by atoms with Crippen LogP contribution in [0.2, 0.25) is 0 Å². The first-order valence-electron chi connectivity index (χ1n) is 4.67. The van der Waals surface area contributed by atoms with Crippen LogP contribution in [0.15, 0.2) is 0 Å². The highest BCUT2D eigenvalue weighted by Gasteiger charge is 2.10. The zero-order valence-corrected chi connectivity index (χ0v) is 7.03. The van der Waals surface area contributed by atoms with Crippen molar-refractivity contribution in [3.63, 3.8) is 0 Å². The van der Waals surface area contributed by atoms with Crippen LogP contribution in [0.25, 0.3) is 0 Å². The van der Waals surface area contributed by atoms with Gasteiger partial charge in [0.2, 0.25) is 0 Å². The number of nitrogens with one attached hydrogen (secondary N) is 1. The topological polar surface area (TPSA) is 12.0 Å². The van der Waals surface area contributed by atoms with Crippen molar-refractivity contribution < 1.29 is 0 Å². The SMILES string of the molecule is CCCC[C@H]1CCCCN1. The average molecular weight is 141 g/mol. The molecule has 1 heteroatoms. The lowest BCUT2D eigenvalue weighted by molar-refractivity contribution is 0.374. The molecule has 0 unspecified atom stereocenters. The quantitative estimate of drug-likeness (QED) is 0.636. The Morgan fingerprint density at radius 1 is 1.40 bits per heavy atom. The van der Waals surface area contributed by atoms with Gasteiger partial charge in [0.1, 0.15) is 0 Å². The van der Waals surface area contributed by atoms with Gasteiger partial charge in [0.25, 0.3) is 0 Å². The fraction of sp³-hybridized carbons (Fsp3) is 1.00. The lowest BCUT2D eigenvalue weighted by Gasteiger charge is -2.22. The molecule has 1 heterocycles. The molecule has 1 nitrogen and oxygen atoms in total. The molecule has 0 bridgehead atoms. The van der Waals surface area contributed by atoms with Crippen molar-refractivity contribution in [1.82, 2.24) is 5.32 Å². The minimum atomic E-state index is 0.855. The summed E-state index contributed by atoms with van der Waals surface area (Å²) in [5.74, 6) is 0. The van der Waals surface area contributed by atoms with Crippen LogP contribution >= 0.6 is 0 Å². The lowest BCUT2D eigenvalue weighted by Crippen LogP contribution is -2.33. The molecule has 1 saturated heterocycles. The third-order valence-corrected chi connectivity index (χ3v) is 2.32. The third-order valence-electron chi connectivity index (χ3n) is 2.32. The van der Waals surface area contributed by atoms with Gasteiger partial charge in [-0.1, -0.05) is 26.2 Å². The zero-order valence-electron chi connectivity index (χ0n) is 7.03. The molecule has 0 aromatic heterocycles. The molecule has 0 radical (unpaired) electrons. The first-order chi connectivity index (χ1) is 4.93. The van der Waals surface area contributed by atoms with Gasteiger partial charge in [-0.05, 0) is 25.8 Å². The summed E-state index contributed by atoms with van der Waals surface area (Å²) in [6.07, 6.45) is 8.40. The second-order valence-corrected chi connectivity index (χ2v) is 3.29. The summed E-state index contributed by atoms with van der Waals surface area (Å²) in [6.45, 7) is 3.53. The molecule has 0 spiro atoms. The van der Waals surface area contributed by atoms with Crippen molar-refractivity contribution in [2.75, 3.05) is 6.54 Å². The second kappa shape index (κ2) is 4.73. The third kappa shape index (κ3) is 2.70. The summed E-state index contributed by atoms with van der Waals surface area (Å²) >= 11 is 0. The molecule has 1 rings (SSSR count). The van der Waals surface area contributed by atoms with E-state index in [1.807, 2.05) is 0 Å². The zero-order chi connectivity index (χ0) is 7.23. The minimum absolute atomic E-state index is 0.855. The van der Waals surface area contributed by atoms with E-state index in [1.165, 1.54) is 45.1 Å². The van der Waals surface area contributed by atoms with Gasteiger partial charge in [-0.15, -0.1) is 0 Å². The van der Waals surface area contributed by atoms with Gasteiger partial charge in [0.15, 0.2) is 0 Å². The fourth-order valence-electron chi connectivity index (χ4n) is 1.62. The van der Waals surface area contributed by atoms with Crippen LogP contribution in [0.4, 0.5) is 0 Å². The highest BCUT2D eigenvalue weighted by molar-refractivity contribution is 4.71. The van der Waals surface area contributed by atoms with E-state index in [2.05, 4.69) is 12.2 Å².